The van der Waals surface area contributed by atoms with Crippen LogP contribution >= 0.6 is 0 Å². The second kappa shape index (κ2) is 3.94. The maximum Gasteiger partial charge on any atom is 0.234 e. The first kappa shape index (κ1) is 9.90. The van der Waals surface area contributed by atoms with E-state index in [0.29, 0.717) is 5.56 Å². The van der Waals surface area contributed by atoms with Gasteiger partial charge in [0, 0.05) is 5.56 Å². The van der Waals surface area contributed by atoms with E-state index in [0.717, 1.165) is 11.4 Å². The van der Waals surface area contributed by atoms with Crippen molar-refractivity contribution >= 4 is 11.5 Å². The van der Waals surface area contributed by atoms with Gasteiger partial charge in [0.25, 0.3) is 0 Å². The first-order valence-corrected chi connectivity index (χ1v) is 5.46. The smallest absolute Gasteiger partial charge is 0.234 e. The van der Waals surface area contributed by atoms with Crippen molar-refractivity contribution in [2.45, 2.75) is 6.23 Å². The standard InChI is InChI=1S/C14H11NO2/c16-13(10-6-2-1-3-7-10)14-15-11-8-4-5-9-12(11)17-14/h1-9,14-15H. The number of carbonyl (C=O) groups is 1. The van der Waals surface area contributed by atoms with Gasteiger partial charge >= 0.3 is 0 Å². The summed E-state index contributed by atoms with van der Waals surface area (Å²) in [5.41, 5.74) is 1.51. The molecule has 0 fully saturated rings. The SMILES string of the molecule is O=C(c1ccccc1)C1Nc2ccccc2O1. The number of Topliss-reactive ketones (excluding diaryl/α,β-unsaturated/α-hetero) is 1. The fourth-order valence-corrected chi connectivity index (χ4v) is 1.86. The summed E-state index contributed by atoms with van der Waals surface area (Å²) in [5.74, 6) is 0.670. The highest BCUT2D eigenvalue weighted by Gasteiger charge is 2.28. The molecule has 3 heteroatoms. The molecule has 0 bridgehead atoms. The van der Waals surface area contributed by atoms with E-state index in [1.165, 1.54) is 0 Å². The van der Waals surface area contributed by atoms with Crippen molar-refractivity contribution < 1.29 is 9.53 Å². The van der Waals surface area contributed by atoms with Gasteiger partial charge in [0.15, 0.2) is 0 Å². The lowest BCUT2D eigenvalue weighted by Crippen LogP contribution is -2.30. The topological polar surface area (TPSA) is 38.3 Å². The largest absolute Gasteiger partial charge is 0.461 e. The van der Waals surface area contributed by atoms with Crippen LogP contribution in [0.3, 0.4) is 0 Å². The second-order valence-electron chi connectivity index (χ2n) is 3.87. The summed E-state index contributed by atoms with van der Waals surface area (Å²) in [6, 6.07) is 16.7. The summed E-state index contributed by atoms with van der Waals surface area (Å²) < 4.78 is 5.56. The number of fused-ring (bicyclic) bond motifs is 1. The molecule has 0 aromatic heterocycles. The van der Waals surface area contributed by atoms with Gasteiger partial charge in [-0.05, 0) is 12.1 Å². The maximum absolute atomic E-state index is 12.1. The summed E-state index contributed by atoms with van der Waals surface area (Å²) >= 11 is 0. The van der Waals surface area contributed by atoms with Crippen molar-refractivity contribution in [1.29, 1.82) is 0 Å². The van der Waals surface area contributed by atoms with E-state index in [1.54, 1.807) is 12.1 Å². The number of hydrogen-bond donors (Lipinski definition) is 1. The number of ether oxygens (including phenoxy) is 1. The minimum Gasteiger partial charge on any atom is -0.461 e. The molecule has 0 amide bonds. The predicted molar refractivity (Wildman–Crippen MR) is 65.3 cm³/mol. The quantitative estimate of drug-likeness (QED) is 0.798. The molecule has 17 heavy (non-hydrogen) atoms. The van der Waals surface area contributed by atoms with Crippen LogP contribution in [0.4, 0.5) is 5.69 Å². The molecular formula is C14H11NO2. The summed E-state index contributed by atoms with van der Waals surface area (Å²) in [6.45, 7) is 0. The minimum absolute atomic E-state index is 0.0539. The Kier molecular flexibility index (Phi) is 2.29. The zero-order valence-electron chi connectivity index (χ0n) is 9.09. The van der Waals surface area contributed by atoms with Crippen LogP contribution in [0, 0.1) is 0 Å². The Balaban J connectivity index is 1.84. The predicted octanol–water partition coefficient (Wildman–Crippen LogP) is 2.70. The summed E-state index contributed by atoms with van der Waals surface area (Å²) in [4.78, 5) is 12.1. The molecule has 3 rings (SSSR count). The normalized spacial score (nSPS) is 16.8. The Hall–Kier alpha value is -2.29. The molecule has 0 saturated carbocycles. The highest BCUT2D eigenvalue weighted by Crippen LogP contribution is 2.31. The van der Waals surface area contributed by atoms with Crippen LogP contribution in [0.2, 0.25) is 0 Å². The number of nitrogens with one attached hydrogen (secondary N) is 1. The van der Waals surface area contributed by atoms with Crippen LogP contribution in [0.25, 0.3) is 0 Å². The van der Waals surface area contributed by atoms with Crippen molar-refractivity contribution in [3.8, 4) is 5.75 Å². The first-order valence-electron chi connectivity index (χ1n) is 5.46. The highest BCUT2D eigenvalue weighted by atomic mass is 16.5. The van der Waals surface area contributed by atoms with Crippen LogP contribution in [0.15, 0.2) is 54.6 Å². The van der Waals surface area contributed by atoms with Gasteiger partial charge in [-0.1, -0.05) is 42.5 Å². The Morgan fingerprint density at radius 3 is 2.47 bits per heavy atom. The van der Waals surface area contributed by atoms with Gasteiger partial charge in [0.2, 0.25) is 12.0 Å². The van der Waals surface area contributed by atoms with Gasteiger partial charge in [-0.15, -0.1) is 0 Å². The third kappa shape index (κ3) is 1.76. The molecule has 84 valence electrons. The fourth-order valence-electron chi connectivity index (χ4n) is 1.86. The van der Waals surface area contributed by atoms with E-state index >= 15 is 0 Å². The highest BCUT2D eigenvalue weighted by molar-refractivity contribution is 6.01. The van der Waals surface area contributed by atoms with Gasteiger partial charge < -0.3 is 10.1 Å². The Labute approximate surface area is 99.0 Å². The van der Waals surface area contributed by atoms with Crippen molar-refractivity contribution in [2.24, 2.45) is 0 Å². The molecule has 1 N–H and O–H groups in total. The lowest BCUT2D eigenvalue weighted by molar-refractivity contribution is 0.0849. The van der Waals surface area contributed by atoms with Gasteiger partial charge in [-0.25, -0.2) is 0 Å². The number of hydrogen-bond acceptors (Lipinski definition) is 3. The number of rotatable bonds is 2. The van der Waals surface area contributed by atoms with E-state index in [-0.39, 0.29) is 5.78 Å². The van der Waals surface area contributed by atoms with Crippen LogP contribution in [0.1, 0.15) is 10.4 Å². The molecule has 1 aliphatic rings. The first-order chi connectivity index (χ1) is 8.34. The average Bonchev–Trinajstić information content (AvgIpc) is 2.82. The van der Waals surface area contributed by atoms with Crippen molar-refractivity contribution in [3.05, 3.63) is 60.2 Å². The third-order valence-corrected chi connectivity index (χ3v) is 2.71. The molecule has 2 aromatic rings. The van der Waals surface area contributed by atoms with E-state index in [4.69, 9.17) is 4.74 Å². The van der Waals surface area contributed by atoms with Gasteiger partial charge in [-0.3, -0.25) is 4.79 Å². The maximum atomic E-state index is 12.1. The molecule has 0 aliphatic carbocycles. The number of benzene rings is 2. The summed E-state index contributed by atoms with van der Waals surface area (Å²) in [7, 11) is 0. The molecule has 1 unspecified atom stereocenters. The molecule has 1 atom stereocenters. The molecule has 0 saturated heterocycles. The van der Waals surface area contributed by atoms with Crippen molar-refractivity contribution in [3.63, 3.8) is 0 Å². The van der Waals surface area contributed by atoms with Crippen molar-refractivity contribution in [2.75, 3.05) is 5.32 Å². The molecule has 2 aromatic carbocycles. The molecule has 1 heterocycles. The van der Waals surface area contributed by atoms with E-state index < -0.39 is 6.23 Å². The lowest BCUT2D eigenvalue weighted by Gasteiger charge is -2.09. The van der Waals surface area contributed by atoms with Gasteiger partial charge in [0.1, 0.15) is 5.75 Å². The molecule has 0 spiro atoms. The van der Waals surface area contributed by atoms with Crippen LogP contribution in [-0.4, -0.2) is 12.0 Å². The fraction of sp³-hybridized carbons (Fsp3) is 0.0714. The number of anilines is 1. The van der Waals surface area contributed by atoms with Crippen LogP contribution in [-0.2, 0) is 0 Å². The monoisotopic (exact) mass is 225 g/mol. The number of para-hydroxylation sites is 2. The van der Waals surface area contributed by atoms with Crippen LogP contribution in [0.5, 0.6) is 5.75 Å². The lowest BCUT2D eigenvalue weighted by atomic mass is 10.1. The van der Waals surface area contributed by atoms with Gasteiger partial charge in [0.05, 0.1) is 5.69 Å². The van der Waals surface area contributed by atoms with Crippen LogP contribution < -0.4 is 10.1 Å². The minimum atomic E-state index is -0.616. The Morgan fingerprint density at radius 2 is 1.71 bits per heavy atom. The average molecular weight is 225 g/mol. The Bertz CT molecular complexity index is 526. The third-order valence-electron chi connectivity index (χ3n) is 2.71. The zero-order valence-corrected chi connectivity index (χ0v) is 9.09. The molecule has 3 nitrogen and oxygen atoms in total. The second-order valence-corrected chi connectivity index (χ2v) is 3.87. The van der Waals surface area contributed by atoms with E-state index in [2.05, 4.69) is 5.32 Å². The number of ketones is 1. The molecule has 1 aliphatic heterocycles. The molecule has 0 radical (unpaired) electrons. The van der Waals surface area contributed by atoms with Gasteiger partial charge in [-0.2, -0.15) is 0 Å². The van der Waals surface area contributed by atoms with Crippen molar-refractivity contribution in [1.82, 2.24) is 0 Å². The summed E-state index contributed by atoms with van der Waals surface area (Å²) in [6.07, 6.45) is -0.616. The molecular weight excluding hydrogens is 214 g/mol. The van der Waals surface area contributed by atoms with E-state index in [9.17, 15) is 4.79 Å². The zero-order chi connectivity index (χ0) is 11.7. The van der Waals surface area contributed by atoms with E-state index in [1.807, 2.05) is 42.5 Å². The summed E-state index contributed by atoms with van der Waals surface area (Å²) in [5, 5.41) is 3.06. The number of carbonyl (C=O) groups excluding carboxylic acids is 1. The Morgan fingerprint density at radius 1 is 1.00 bits per heavy atom.